The molecule has 0 saturated heterocycles. The Balaban J connectivity index is 1.71. The van der Waals surface area contributed by atoms with Gasteiger partial charge in [-0.25, -0.2) is 4.98 Å². The van der Waals surface area contributed by atoms with Crippen LogP contribution in [0, 0.1) is 11.8 Å². The molecule has 4 rings (SSSR count). The molecule has 2 N–H and O–H groups in total. The van der Waals surface area contributed by atoms with Gasteiger partial charge in [-0.2, -0.15) is 0 Å². The first-order valence-electron chi connectivity index (χ1n) is 9.03. The minimum atomic E-state index is -0.525. The highest BCUT2D eigenvalue weighted by molar-refractivity contribution is 6.52. The Morgan fingerprint density at radius 1 is 1.23 bits per heavy atom. The van der Waals surface area contributed by atoms with Crippen molar-refractivity contribution in [2.45, 2.75) is 39.3 Å². The van der Waals surface area contributed by atoms with Crippen molar-refractivity contribution in [1.29, 1.82) is 0 Å². The summed E-state index contributed by atoms with van der Waals surface area (Å²) in [5, 5.41) is 3.34. The van der Waals surface area contributed by atoms with E-state index in [0.717, 1.165) is 12.1 Å². The zero-order valence-corrected chi connectivity index (χ0v) is 15.4. The molecule has 0 radical (unpaired) electrons. The van der Waals surface area contributed by atoms with E-state index in [9.17, 15) is 9.59 Å². The van der Waals surface area contributed by atoms with Crippen molar-refractivity contribution in [3.63, 3.8) is 0 Å². The molecule has 0 amide bonds. The van der Waals surface area contributed by atoms with E-state index in [4.69, 9.17) is 4.74 Å². The van der Waals surface area contributed by atoms with Crippen LogP contribution in [0.3, 0.4) is 0 Å². The number of aromatic amines is 1. The minimum absolute atomic E-state index is 0.0917. The number of aromatic nitrogens is 2. The molecule has 3 atom stereocenters. The third-order valence-electron chi connectivity index (χ3n) is 5.35. The summed E-state index contributed by atoms with van der Waals surface area (Å²) in [5.74, 6) is 0.950. The Kier molecular flexibility index (Phi) is 3.95. The minimum Gasteiger partial charge on any atom is -0.362 e. The topological polar surface area (TPSA) is 84.1 Å². The van der Waals surface area contributed by atoms with Gasteiger partial charge in [-0.3, -0.25) is 9.59 Å². The molecule has 6 nitrogen and oxygen atoms in total. The summed E-state index contributed by atoms with van der Waals surface area (Å²) < 4.78 is 5.55. The molecule has 1 aromatic carbocycles. The van der Waals surface area contributed by atoms with Gasteiger partial charge in [-0.15, -0.1) is 0 Å². The monoisotopic (exact) mass is 353 g/mol. The molecule has 26 heavy (non-hydrogen) atoms. The number of carbonyl (C=O) groups is 2. The van der Waals surface area contributed by atoms with Crippen LogP contribution in [0.4, 0.5) is 5.69 Å². The maximum Gasteiger partial charge on any atom is 0.251 e. The van der Waals surface area contributed by atoms with Crippen molar-refractivity contribution >= 4 is 17.3 Å². The van der Waals surface area contributed by atoms with Gasteiger partial charge in [0.1, 0.15) is 23.4 Å². The maximum atomic E-state index is 12.6. The first kappa shape index (κ1) is 17.0. The van der Waals surface area contributed by atoms with Gasteiger partial charge in [0.05, 0.1) is 0 Å². The fourth-order valence-corrected chi connectivity index (χ4v) is 3.57. The van der Waals surface area contributed by atoms with E-state index in [1.807, 2.05) is 26.0 Å². The molecule has 0 spiro atoms. The highest BCUT2D eigenvalue weighted by atomic mass is 16.5. The number of benzene rings is 1. The van der Waals surface area contributed by atoms with Crippen molar-refractivity contribution in [1.82, 2.24) is 9.97 Å². The second kappa shape index (κ2) is 6.06. The van der Waals surface area contributed by atoms with E-state index in [1.165, 1.54) is 0 Å². The number of ether oxygens (including phenoxy) is 1. The summed E-state index contributed by atoms with van der Waals surface area (Å²) in [5.41, 5.74) is 2.74. The normalized spacial score (nSPS) is 22.2. The predicted octanol–water partition coefficient (Wildman–Crippen LogP) is 3.62. The molecule has 2 unspecified atom stereocenters. The molecule has 1 fully saturated rings. The van der Waals surface area contributed by atoms with E-state index in [2.05, 4.69) is 22.2 Å². The van der Waals surface area contributed by atoms with Crippen molar-refractivity contribution in [2.24, 2.45) is 11.8 Å². The number of fused-ring (bicyclic) bond motifs is 3. The van der Waals surface area contributed by atoms with Crippen LogP contribution in [0.5, 0.6) is 0 Å². The zero-order valence-electron chi connectivity index (χ0n) is 15.4. The summed E-state index contributed by atoms with van der Waals surface area (Å²) in [6, 6.07) is 5.50. The highest BCUT2D eigenvalue weighted by Gasteiger charge is 2.40. The highest BCUT2D eigenvalue weighted by Crippen LogP contribution is 2.42. The average molecular weight is 353 g/mol. The van der Waals surface area contributed by atoms with Crippen LogP contribution in [-0.2, 0) is 4.74 Å². The first-order chi connectivity index (χ1) is 12.4. The number of hydrogen-bond donors (Lipinski definition) is 2. The lowest BCUT2D eigenvalue weighted by Crippen LogP contribution is -2.26. The Labute approximate surface area is 152 Å². The summed E-state index contributed by atoms with van der Waals surface area (Å²) >= 11 is 0. The number of imidazole rings is 1. The number of ketones is 2. The van der Waals surface area contributed by atoms with Crippen molar-refractivity contribution < 1.29 is 14.3 Å². The van der Waals surface area contributed by atoms with E-state index in [1.54, 1.807) is 13.2 Å². The fraction of sp³-hybridized carbons (Fsp3) is 0.450. The Bertz CT molecular complexity index is 900. The lowest BCUT2D eigenvalue weighted by atomic mass is 9.90. The van der Waals surface area contributed by atoms with Crippen molar-refractivity contribution in [3.8, 4) is 11.3 Å². The summed E-state index contributed by atoms with van der Waals surface area (Å²) in [6.07, 6.45) is 1.04. The van der Waals surface area contributed by atoms with Crippen LogP contribution < -0.4 is 5.32 Å². The third-order valence-corrected chi connectivity index (χ3v) is 5.35. The molecular weight excluding hydrogens is 330 g/mol. The number of hydrogen-bond acceptors (Lipinski definition) is 5. The molecule has 1 aromatic heterocycles. The molecule has 2 aliphatic rings. The quantitative estimate of drug-likeness (QED) is 0.633. The van der Waals surface area contributed by atoms with Gasteiger partial charge in [0.2, 0.25) is 5.78 Å². The fourth-order valence-electron chi connectivity index (χ4n) is 3.57. The molecule has 0 aliphatic heterocycles. The number of H-pyrrole nitrogens is 1. The van der Waals surface area contributed by atoms with Crippen LogP contribution in [0.1, 0.15) is 59.8 Å². The van der Waals surface area contributed by atoms with Gasteiger partial charge in [0, 0.05) is 35.8 Å². The standard InChI is InChI=1S/C20H23N3O3/c1-9(2)19-22-15-12-6-5-11(21-20(26-4)13-7-10(13)3)8-14(12)17(24)18(25)16(15)23-19/h5-6,8-10,13,20-21H,7H2,1-4H3,(H,22,23)/t10-,13?,20?/m1/s1. The zero-order chi connectivity index (χ0) is 18.6. The van der Waals surface area contributed by atoms with E-state index in [-0.39, 0.29) is 12.1 Å². The van der Waals surface area contributed by atoms with E-state index < -0.39 is 11.6 Å². The molecule has 6 heteroatoms. The van der Waals surface area contributed by atoms with Gasteiger partial charge in [0.15, 0.2) is 0 Å². The number of nitrogens with zero attached hydrogens (tertiary/aromatic N) is 1. The number of anilines is 1. The summed E-state index contributed by atoms with van der Waals surface area (Å²) in [6.45, 7) is 6.18. The smallest absolute Gasteiger partial charge is 0.251 e. The predicted molar refractivity (Wildman–Crippen MR) is 98.5 cm³/mol. The molecule has 1 saturated carbocycles. The van der Waals surface area contributed by atoms with Crippen molar-refractivity contribution in [2.75, 3.05) is 12.4 Å². The van der Waals surface area contributed by atoms with Gasteiger partial charge in [-0.05, 0) is 30.5 Å². The third kappa shape index (κ3) is 2.65. The molecular formula is C20H23N3O3. The first-order valence-corrected chi connectivity index (χ1v) is 9.03. The molecule has 2 aromatic rings. The van der Waals surface area contributed by atoms with Gasteiger partial charge < -0.3 is 15.0 Å². The maximum absolute atomic E-state index is 12.6. The van der Waals surface area contributed by atoms with Gasteiger partial charge in [-0.1, -0.05) is 20.8 Å². The van der Waals surface area contributed by atoms with Crippen LogP contribution in [-0.4, -0.2) is 34.9 Å². The number of Topliss-reactive ketones (excluding diaryl/α,β-unsaturated/α-hetero) is 2. The SMILES string of the molecule is COC(Nc1ccc2c(c1)C(=O)C(=O)c1[nH]c(C(C)C)nc1-2)C1C[C@H]1C. The second-order valence-corrected chi connectivity index (χ2v) is 7.60. The Morgan fingerprint density at radius 2 is 1.96 bits per heavy atom. The van der Waals surface area contributed by atoms with Crippen LogP contribution >= 0.6 is 0 Å². The van der Waals surface area contributed by atoms with Gasteiger partial charge >= 0.3 is 0 Å². The molecule has 1 heterocycles. The van der Waals surface area contributed by atoms with Crippen molar-refractivity contribution in [3.05, 3.63) is 35.3 Å². The van der Waals surface area contributed by atoms with E-state index >= 15 is 0 Å². The number of carbonyl (C=O) groups excluding carboxylic acids is 2. The van der Waals surface area contributed by atoms with E-state index in [0.29, 0.717) is 40.2 Å². The van der Waals surface area contributed by atoms with Crippen LogP contribution in [0.2, 0.25) is 0 Å². The average Bonchev–Trinajstić information content (AvgIpc) is 3.17. The Hall–Kier alpha value is -2.47. The lowest BCUT2D eigenvalue weighted by Gasteiger charge is -2.20. The number of methoxy groups -OCH3 is 1. The Morgan fingerprint density at radius 3 is 2.58 bits per heavy atom. The number of nitrogens with one attached hydrogen (secondary N) is 2. The lowest BCUT2D eigenvalue weighted by molar-refractivity contribution is 0.0812. The largest absolute Gasteiger partial charge is 0.362 e. The molecule has 2 aliphatic carbocycles. The van der Waals surface area contributed by atoms with Crippen LogP contribution in [0.25, 0.3) is 11.3 Å². The number of rotatable bonds is 5. The summed E-state index contributed by atoms with van der Waals surface area (Å²) in [7, 11) is 1.68. The summed E-state index contributed by atoms with van der Waals surface area (Å²) in [4.78, 5) is 32.7. The van der Waals surface area contributed by atoms with Gasteiger partial charge in [0.25, 0.3) is 5.78 Å². The van der Waals surface area contributed by atoms with Crippen LogP contribution in [0.15, 0.2) is 18.2 Å². The molecule has 136 valence electrons. The second-order valence-electron chi connectivity index (χ2n) is 7.60. The molecule has 0 bridgehead atoms.